The van der Waals surface area contributed by atoms with E-state index in [0.717, 1.165) is 17.0 Å². The van der Waals surface area contributed by atoms with Gasteiger partial charge in [-0.05, 0) is 37.8 Å². The van der Waals surface area contributed by atoms with Gasteiger partial charge in [0.05, 0.1) is 6.54 Å². The zero-order valence-corrected chi connectivity index (χ0v) is 15.2. The maximum absolute atomic E-state index is 9.94. The quantitative estimate of drug-likeness (QED) is 0.614. The van der Waals surface area contributed by atoms with Crippen LogP contribution < -0.4 is 10.2 Å². The van der Waals surface area contributed by atoms with Crippen molar-refractivity contribution in [1.82, 2.24) is 4.68 Å². The van der Waals surface area contributed by atoms with Gasteiger partial charge in [-0.25, -0.2) is 4.68 Å². The van der Waals surface area contributed by atoms with Crippen LogP contribution in [0.1, 0.15) is 43.4 Å². The zero-order chi connectivity index (χ0) is 17.8. The molecule has 1 saturated carbocycles. The highest BCUT2D eigenvalue weighted by atomic mass is 32.1. The van der Waals surface area contributed by atoms with E-state index in [1.165, 1.54) is 38.2 Å². The molecule has 7 heteroatoms. The minimum absolute atomic E-state index is 0.304. The largest absolute Gasteiger partial charge is 0.504 e. The van der Waals surface area contributed by atoms with E-state index in [4.69, 9.17) is 4.99 Å². The molecule has 0 saturated heterocycles. The molecule has 1 aromatic carbocycles. The van der Waals surface area contributed by atoms with Gasteiger partial charge in [0.2, 0.25) is 10.6 Å². The number of thiazole rings is 1. The number of phenolic OH excluding ortho intramolecular Hbond substituents is 3. The number of nitrogens with zero attached hydrogens (tertiary/aromatic N) is 2. The van der Waals surface area contributed by atoms with Gasteiger partial charge in [-0.15, -0.1) is 11.3 Å². The lowest BCUT2D eigenvalue weighted by Gasteiger charge is -2.19. The lowest BCUT2D eigenvalue weighted by Crippen LogP contribution is -2.27. The second-order valence-corrected chi connectivity index (χ2v) is 7.45. The summed E-state index contributed by atoms with van der Waals surface area (Å²) in [5.74, 6) is -0.443. The van der Waals surface area contributed by atoms with E-state index in [-0.39, 0.29) is 11.5 Å². The Labute approximate surface area is 151 Å². The molecule has 0 aliphatic heterocycles. The van der Waals surface area contributed by atoms with Crippen molar-refractivity contribution in [3.8, 4) is 17.2 Å². The molecule has 1 aliphatic carbocycles. The molecule has 1 aromatic heterocycles. The summed E-state index contributed by atoms with van der Waals surface area (Å²) < 4.78 is 1.91. The lowest BCUT2D eigenvalue weighted by atomic mass is 9.89. The molecular weight excluding hydrogens is 338 g/mol. The molecule has 3 rings (SSSR count). The Morgan fingerprint density at radius 3 is 2.68 bits per heavy atom. The van der Waals surface area contributed by atoms with Crippen LogP contribution in [0.3, 0.4) is 0 Å². The fraction of sp³-hybridized carbons (Fsp3) is 0.500. The second-order valence-electron chi connectivity index (χ2n) is 6.62. The third-order valence-electron chi connectivity index (χ3n) is 4.73. The maximum Gasteiger partial charge on any atom is 0.203 e. The molecule has 136 valence electrons. The summed E-state index contributed by atoms with van der Waals surface area (Å²) in [7, 11) is 0. The highest BCUT2D eigenvalue weighted by Gasteiger charge is 2.13. The first kappa shape index (κ1) is 17.7. The Bertz CT molecular complexity index is 791. The van der Waals surface area contributed by atoms with Crippen molar-refractivity contribution in [1.29, 1.82) is 0 Å². The molecule has 0 atom stereocenters. The molecule has 0 spiro atoms. The van der Waals surface area contributed by atoms with Crippen molar-refractivity contribution in [2.45, 2.75) is 45.6 Å². The molecule has 2 aromatic rings. The van der Waals surface area contributed by atoms with Crippen molar-refractivity contribution >= 4 is 11.3 Å². The predicted molar refractivity (Wildman–Crippen MR) is 98.6 cm³/mol. The summed E-state index contributed by atoms with van der Waals surface area (Å²) in [6, 6.07) is 2.95. The first-order valence-electron chi connectivity index (χ1n) is 8.70. The number of hydrogen-bond acceptors (Lipinski definition) is 6. The molecule has 25 heavy (non-hydrogen) atoms. The molecule has 1 aliphatic rings. The van der Waals surface area contributed by atoms with Gasteiger partial charge in [0.25, 0.3) is 0 Å². The SMILES string of the molecule is Cc1csc(=NCC2CCCCC2)n1NCc1ccc(O)c(O)c1O. The van der Waals surface area contributed by atoms with Crippen molar-refractivity contribution in [2.75, 3.05) is 12.0 Å². The summed E-state index contributed by atoms with van der Waals surface area (Å²) in [6.07, 6.45) is 6.50. The van der Waals surface area contributed by atoms with Crippen LogP contribution in [0.2, 0.25) is 0 Å². The van der Waals surface area contributed by atoms with E-state index in [1.54, 1.807) is 17.4 Å². The maximum atomic E-state index is 9.94. The Morgan fingerprint density at radius 2 is 1.92 bits per heavy atom. The number of hydrogen-bond donors (Lipinski definition) is 4. The van der Waals surface area contributed by atoms with Crippen LogP contribution in [0.25, 0.3) is 0 Å². The third-order valence-corrected chi connectivity index (χ3v) is 5.71. The van der Waals surface area contributed by atoms with Crippen LogP contribution in [-0.2, 0) is 6.54 Å². The number of benzene rings is 1. The smallest absolute Gasteiger partial charge is 0.203 e. The van der Waals surface area contributed by atoms with Gasteiger partial charge in [0.15, 0.2) is 11.5 Å². The van der Waals surface area contributed by atoms with Gasteiger partial charge in [0, 0.05) is 23.2 Å². The molecule has 4 N–H and O–H groups in total. The standard InChI is InChI=1S/C18H25N3O3S/c1-12-11-25-18(19-9-13-5-3-2-4-6-13)21(12)20-10-14-7-8-15(22)17(24)16(14)23/h7-8,11,13,20,22-24H,2-6,9-10H2,1H3. The molecule has 0 unspecified atom stereocenters. The minimum Gasteiger partial charge on any atom is -0.504 e. The number of rotatable bonds is 5. The molecule has 1 fully saturated rings. The monoisotopic (exact) mass is 363 g/mol. The average molecular weight is 363 g/mol. The van der Waals surface area contributed by atoms with Gasteiger partial charge >= 0.3 is 0 Å². The predicted octanol–water partition coefficient (Wildman–Crippen LogP) is 3.20. The second kappa shape index (κ2) is 7.82. The Kier molecular flexibility index (Phi) is 5.53. The number of phenols is 3. The Hall–Kier alpha value is -2.15. The number of aromatic hydroxyl groups is 3. The fourth-order valence-electron chi connectivity index (χ4n) is 3.19. The summed E-state index contributed by atoms with van der Waals surface area (Å²) >= 11 is 1.59. The van der Waals surface area contributed by atoms with Gasteiger partial charge in [-0.2, -0.15) is 0 Å². The molecule has 1 heterocycles. The summed E-state index contributed by atoms with van der Waals surface area (Å²) in [6.45, 7) is 3.16. The van der Waals surface area contributed by atoms with E-state index in [2.05, 4.69) is 5.43 Å². The Balaban J connectivity index is 1.72. The molecule has 0 amide bonds. The van der Waals surface area contributed by atoms with Crippen molar-refractivity contribution in [2.24, 2.45) is 10.9 Å². The van der Waals surface area contributed by atoms with Crippen LogP contribution in [0.5, 0.6) is 17.2 Å². The van der Waals surface area contributed by atoms with Crippen LogP contribution in [0, 0.1) is 12.8 Å². The molecule has 0 bridgehead atoms. The lowest BCUT2D eigenvalue weighted by molar-refractivity contribution is 0.364. The topological polar surface area (TPSA) is 90.0 Å². The first-order valence-corrected chi connectivity index (χ1v) is 9.58. The van der Waals surface area contributed by atoms with E-state index >= 15 is 0 Å². The van der Waals surface area contributed by atoms with E-state index in [9.17, 15) is 15.3 Å². The van der Waals surface area contributed by atoms with Crippen molar-refractivity contribution in [3.63, 3.8) is 0 Å². The normalized spacial score (nSPS) is 16.3. The summed E-state index contributed by atoms with van der Waals surface area (Å²) in [5, 5.41) is 31.0. The van der Waals surface area contributed by atoms with Crippen LogP contribution in [0.15, 0.2) is 22.5 Å². The first-order chi connectivity index (χ1) is 12.1. The highest BCUT2D eigenvalue weighted by Crippen LogP contribution is 2.36. The van der Waals surface area contributed by atoms with Gasteiger partial charge in [-0.3, -0.25) is 4.99 Å². The summed E-state index contributed by atoms with van der Waals surface area (Å²) in [5.41, 5.74) is 4.78. The minimum atomic E-state index is -0.492. The van der Waals surface area contributed by atoms with Gasteiger partial charge in [-0.1, -0.05) is 19.3 Å². The van der Waals surface area contributed by atoms with Crippen LogP contribution in [-0.4, -0.2) is 26.5 Å². The average Bonchev–Trinajstić information content (AvgIpc) is 2.98. The summed E-state index contributed by atoms with van der Waals surface area (Å²) in [4.78, 5) is 5.69. The molecule has 6 nitrogen and oxygen atoms in total. The Morgan fingerprint density at radius 1 is 1.16 bits per heavy atom. The number of nitrogens with one attached hydrogen (secondary N) is 1. The zero-order valence-electron chi connectivity index (χ0n) is 14.4. The molecular formula is C18H25N3O3S. The fourth-order valence-corrected chi connectivity index (χ4v) is 4.03. The van der Waals surface area contributed by atoms with Gasteiger partial charge < -0.3 is 20.7 Å². The van der Waals surface area contributed by atoms with Crippen LogP contribution >= 0.6 is 11.3 Å². The van der Waals surface area contributed by atoms with Crippen molar-refractivity contribution < 1.29 is 15.3 Å². The van der Waals surface area contributed by atoms with Crippen molar-refractivity contribution in [3.05, 3.63) is 33.6 Å². The van der Waals surface area contributed by atoms with E-state index < -0.39 is 5.75 Å². The number of aryl methyl sites for hydroxylation is 1. The van der Waals surface area contributed by atoms with Gasteiger partial charge in [0.1, 0.15) is 0 Å². The number of aromatic nitrogens is 1. The third kappa shape index (κ3) is 4.10. The molecule has 0 radical (unpaired) electrons. The van der Waals surface area contributed by atoms with Crippen LogP contribution in [0.4, 0.5) is 0 Å². The highest BCUT2D eigenvalue weighted by molar-refractivity contribution is 7.07. The van der Waals surface area contributed by atoms with E-state index in [0.29, 0.717) is 18.0 Å². The van der Waals surface area contributed by atoms with E-state index in [1.807, 2.05) is 17.0 Å².